The Morgan fingerprint density at radius 2 is 1.37 bits per heavy atom. The molecule has 0 spiro atoms. The fourth-order valence-corrected chi connectivity index (χ4v) is 4.72. The Morgan fingerprint density at radius 1 is 0.829 bits per heavy atom. The van der Waals surface area contributed by atoms with Crippen LogP contribution in [0.4, 0.5) is 36.4 Å². The summed E-state index contributed by atoms with van der Waals surface area (Å²) in [5.74, 6) is -5.78. The van der Waals surface area contributed by atoms with Crippen molar-refractivity contribution in [3.8, 4) is 0 Å². The molecule has 2 N–H and O–H groups in total. The largest absolute Gasteiger partial charge is 0.417 e. The van der Waals surface area contributed by atoms with Gasteiger partial charge in [-0.15, -0.1) is 0 Å². The fraction of sp³-hybridized carbons (Fsp3) is 0.130. The van der Waals surface area contributed by atoms with Gasteiger partial charge in [-0.2, -0.15) is 26.3 Å². The van der Waals surface area contributed by atoms with Crippen LogP contribution in [0, 0.1) is 0 Å². The van der Waals surface area contributed by atoms with Gasteiger partial charge < -0.3 is 0 Å². The Hall–Kier alpha value is -1.86. The first kappa shape index (κ1) is 33.6. The van der Waals surface area contributed by atoms with Gasteiger partial charge in [0.15, 0.2) is 10.3 Å². The number of amides is 1. The van der Waals surface area contributed by atoms with Gasteiger partial charge in [0.05, 0.1) is 31.9 Å². The van der Waals surface area contributed by atoms with Gasteiger partial charge in [-0.05, 0) is 35.9 Å². The lowest BCUT2D eigenvalue weighted by Gasteiger charge is -2.19. The zero-order valence-corrected chi connectivity index (χ0v) is 24.5. The van der Waals surface area contributed by atoms with E-state index in [0.717, 1.165) is 12.1 Å². The number of pyridine rings is 1. The maximum atomic E-state index is 15.0. The molecule has 18 heteroatoms. The number of halogens is 14. The van der Waals surface area contributed by atoms with E-state index in [1.54, 1.807) is 0 Å². The second-order valence-electron chi connectivity index (χ2n) is 7.87. The molecule has 1 heterocycles. The molecule has 0 aliphatic heterocycles. The summed E-state index contributed by atoms with van der Waals surface area (Å²) in [4.78, 5) is 16.2. The van der Waals surface area contributed by atoms with Crippen LogP contribution < -0.4 is 10.9 Å². The summed E-state index contributed by atoms with van der Waals surface area (Å²) in [6.07, 6.45) is -10.3. The number of hydrogen-bond acceptors (Lipinski definition) is 3. The molecular weight excluding hydrogens is 715 g/mol. The summed E-state index contributed by atoms with van der Waals surface area (Å²) in [7, 11) is 0. The molecule has 0 saturated heterocycles. The third kappa shape index (κ3) is 7.76. The molecule has 2 aromatic carbocycles. The van der Waals surface area contributed by atoms with E-state index < -0.39 is 52.3 Å². The van der Waals surface area contributed by atoms with Crippen LogP contribution in [0.5, 0.6) is 0 Å². The van der Waals surface area contributed by atoms with Crippen molar-refractivity contribution in [3.05, 3.63) is 94.1 Å². The molecule has 41 heavy (non-hydrogen) atoms. The van der Waals surface area contributed by atoms with Gasteiger partial charge in [0.2, 0.25) is 0 Å². The van der Waals surface area contributed by atoms with Crippen LogP contribution in [0.15, 0.2) is 36.4 Å². The molecule has 0 bridgehead atoms. The molecule has 1 amide bonds. The van der Waals surface area contributed by atoms with Crippen molar-refractivity contribution in [2.24, 2.45) is 0 Å². The van der Waals surface area contributed by atoms with Crippen LogP contribution in [0.25, 0.3) is 5.83 Å². The number of hydrogen-bond donors (Lipinski definition) is 2. The van der Waals surface area contributed by atoms with E-state index in [1.807, 2.05) is 5.43 Å². The predicted molar refractivity (Wildman–Crippen MR) is 146 cm³/mol. The van der Waals surface area contributed by atoms with Crippen molar-refractivity contribution in [2.45, 2.75) is 18.3 Å². The highest BCUT2D eigenvalue weighted by molar-refractivity contribution is 6.49. The highest BCUT2D eigenvalue weighted by Crippen LogP contribution is 2.43. The molecule has 0 aliphatic rings. The highest BCUT2D eigenvalue weighted by atomic mass is 35.5. The van der Waals surface area contributed by atoms with Crippen LogP contribution in [0.2, 0.25) is 35.4 Å². The summed E-state index contributed by atoms with van der Waals surface area (Å²) >= 11 is 40.7. The van der Waals surface area contributed by atoms with E-state index in [0.29, 0.717) is 12.1 Å². The van der Waals surface area contributed by atoms with Crippen molar-refractivity contribution < 1.29 is 35.5 Å². The Balaban J connectivity index is 2.01. The normalized spacial score (nSPS) is 13.3. The average Bonchev–Trinajstić information content (AvgIpc) is 2.87. The number of carbonyl (C=O) groups is 1. The maximum Gasteiger partial charge on any atom is 0.417 e. The molecule has 220 valence electrons. The highest BCUT2D eigenvalue weighted by Gasteiger charge is 2.41. The van der Waals surface area contributed by atoms with Crippen LogP contribution in [0.3, 0.4) is 0 Å². The van der Waals surface area contributed by atoms with Crippen LogP contribution in [-0.4, -0.2) is 17.1 Å². The zero-order valence-electron chi connectivity index (χ0n) is 19.2. The monoisotopic (exact) mass is 721 g/mol. The smallest absolute Gasteiger partial charge is 0.295 e. The fourth-order valence-electron chi connectivity index (χ4n) is 3.29. The number of benzene rings is 2. The number of allylic oxidation sites excluding steroid dienone is 1. The third-order valence-electron chi connectivity index (χ3n) is 5.17. The Morgan fingerprint density at radius 3 is 1.85 bits per heavy atom. The molecule has 1 atom stereocenters. The van der Waals surface area contributed by atoms with E-state index in [2.05, 4.69) is 10.4 Å². The van der Waals surface area contributed by atoms with Crippen molar-refractivity contribution in [3.63, 3.8) is 0 Å². The predicted octanol–water partition coefficient (Wildman–Crippen LogP) is 11.1. The molecule has 1 unspecified atom stereocenters. The number of alkyl halides is 6. The van der Waals surface area contributed by atoms with Crippen molar-refractivity contribution in [2.75, 3.05) is 5.43 Å². The molecule has 0 aliphatic carbocycles. The molecule has 0 radical (unpaired) electrons. The SMILES string of the molecule is O=C(NNc1c(Cl)c(Cl)nc(Cl)c1Cl)c1ccc(/C(F)=C/C(c2cc(Cl)c(Cl)c(Cl)c2)C(F)(F)F)cc1C(F)(F)F. The molecule has 0 fully saturated rings. The first-order valence-corrected chi connectivity index (χ1v) is 13.0. The van der Waals surface area contributed by atoms with E-state index in [4.69, 9.17) is 81.2 Å². The molecule has 1 aromatic heterocycles. The van der Waals surface area contributed by atoms with Crippen molar-refractivity contribution in [1.82, 2.24) is 10.4 Å². The third-order valence-corrected chi connectivity index (χ3v) is 7.85. The van der Waals surface area contributed by atoms with E-state index in [1.165, 1.54) is 0 Å². The quantitative estimate of drug-likeness (QED) is 0.115. The van der Waals surface area contributed by atoms with Crippen LogP contribution in [0.1, 0.15) is 33.0 Å². The molecule has 0 saturated carbocycles. The number of hydrazine groups is 1. The van der Waals surface area contributed by atoms with E-state index >= 15 is 4.39 Å². The molecule has 4 nitrogen and oxygen atoms in total. The minimum Gasteiger partial charge on any atom is -0.295 e. The summed E-state index contributed by atoms with van der Waals surface area (Å²) in [6.45, 7) is 0. The Bertz CT molecular complexity index is 1500. The maximum absolute atomic E-state index is 15.0. The second kappa shape index (κ2) is 12.8. The number of anilines is 1. The second-order valence-corrected chi connectivity index (χ2v) is 10.5. The van der Waals surface area contributed by atoms with Gasteiger partial charge in [-0.25, -0.2) is 9.37 Å². The first-order valence-electron chi connectivity index (χ1n) is 10.4. The summed E-state index contributed by atoms with van der Waals surface area (Å²) in [5, 5.41) is -2.33. The summed E-state index contributed by atoms with van der Waals surface area (Å²) in [5.41, 5.74) is -0.483. The summed E-state index contributed by atoms with van der Waals surface area (Å²) < 4.78 is 98.0. The van der Waals surface area contributed by atoms with Gasteiger partial charge in [0.1, 0.15) is 21.8 Å². The number of rotatable bonds is 6. The lowest BCUT2D eigenvalue weighted by molar-refractivity contribution is -0.140. The lowest BCUT2D eigenvalue weighted by atomic mass is 9.95. The minimum atomic E-state index is -5.25. The number of nitrogens with one attached hydrogen (secondary N) is 2. The zero-order chi connectivity index (χ0) is 31.0. The van der Waals surface area contributed by atoms with Gasteiger partial charge in [0, 0.05) is 5.56 Å². The Labute approximate surface area is 261 Å². The molecular formula is C23H9Cl7F7N3O. The van der Waals surface area contributed by atoms with Gasteiger partial charge >= 0.3 is 12.4 Å². The van der Waals surface area contributed by atoms with E-state index in [9.17, 15) is 31.1 Å². The molecule has 3 rings (SSSR count). The van der Waals surface area contributed by atoms with Gasteiger partial charge in [0.25, 0.3) is 5.91 Å². The standard InChI is InChI=1S/C23H9Cl7F7N3O/c24-12-4-8(5-13(25)15(12)26)10(22(32,33)34)6-14(31)7-1-2-9(11(3-7)23(35,36)37)21(41)40-39-18-16(27)19(29)38-20(30)17(18)28/h1-6,10H,(H,38,39)(H,40,41)/b14-6-. The average molecular weight is 725 g/mol. The Kier molecular flexibility index (Phi) is 10.5. The lowest BCUT2D eigenvalue weighted by Crippen LogP contribution is -2.31. The van der Waals surface area contributed by atoms with Crippen LogP contribution in [-0.2, 0) is 6.18 Å². The van der Waals surface area contributed by atoms with Gasteiger partial charge in [-0.3, -0.25) is 15.6 Å². The number of aromatic nitrogens is 1. The number of carbonyl (C=O) groups excluding carboxylic acids is 1. The minimum absolute atomic E-state index is 0.0353. The topological polar surface area (TPSA) is 54.0 Å². The van der Waals surface area contributed by atoms with Gasteiger partial charge in [-0.1, -0.05) is 87.3 Å². The molecule has 3 aromatic rings. The van der Waals surface area contributed by atoms with Crippen molar-refractivity contribution >= 4 is 98.6 Å². The number of nitrogens with zero attached hydrogens (tertiary/aromatic N) is 1. The summed E-state index contributed by atoms with van der Waals surface area (Å²) in [6, 6.07) is 2.97. The van der Waals surface area contributed by atoms with E-state index in [-0.39, 0.29) is 53.2 Å². The van der Waals surface area contributed by atoms with Crippen LogP contribution >= 0.6 is 81.2 Å². The van der Waals surface area contributed by atoms with Crippen molar-refractivity contribution in [1.29, 1.82) is 0 Å². The first-order chi connectivity index (χ1) is 18.8.